The van der Waals surface area contributed by atoms with Crippen LogP contribution in [-0.2, 0) is 10.0 Å². The molecule has 0 aliphatic carbocycles. The average molecular weight is 333 g/mol. The summed E-state index contributed by atoms with van der Waals surface area (Å²) in [5.41, 5.74) is 0. The summed E-state index contributed by atoms with van der Waals surface area (Å²) in [6.07, 6.45) is 0. The molecule has 0 fully saturated rings. The number of sulfonamides is 1. The smallest absolute Gasteiger partial charge is 0.242 e. The van der Waals surface area contributed by atoms with Gasteiger partial charge >= 0.3 is 0 Å². The largest absolute Gasteiger partial charge is 0.316 e. The van der Waals surface area contributed by atoms with Gasteiger partial charge in [-0.05, 0) is 39.1 Å². The van der Waals surface area contributed by atoms with E-state index in [0.29, 0.717) is 21.8 Å². The van der Waals surface area contributed by atoms with Crippen LogP contribution in [0.1, 0.15) is 11.8 Å². The summed E-state index contributed by atoms with van der Waals surface area (Å²) in [4.78, 5) is 1.11. The van der Waals surface area contributed by atoms with E-state index in [-0.39, 0.29) is 6.04 Å². The van der Waals surface area contributed by atoms with Gasteiger partial charge in [0.1, 0.15) is 4.90 Å². The summed E-state index contributed by atoms with van der Waals surface area (Å²) in [5.74, 6) is 0. The Morgan fingerprint density at radius 1 is 1.40 bits per heavy atom. The predicted octanol–water partition coefficient (Wildman–Crippen LogP) is 2.75. The number of rotatable bonds is 5. The van der Waals surface area contributed by atoms with Gasteiger partial charge in [-0.2, -0.15) is 0 Å². The number of benzene rings is 1. The second-order valence-corrected chi connectivity index (χ2v) is 8.07. The Hall–Kier alpha value is -0.660. The number of likely N-dealkylation sites (N-methyl/N-ethyl adjacent to an activating group) is 1. The Morgan fingerprint density at radius 3 is 2.75 bits per heavy atom. The maximum Gasteiger partial charge on any atom is 0.242 e. The van der Waals surface area contributed by atoms with Crippen LogP contribution in [0.5, 0.6) is 0 Å². The minimum Gasteiger partial charge on any atom is -0.316 e. The first-order chi connectivity index (χ1) is 9.35. The van der Waals surface area contributed by atoms with Crippen LogP contribution in [0.2, 0.25) is 5.02 Å². The molecule has 0 spiro atoms. The number of aryl methyl sites for hydroxylation is 1. The van der Waals surface area contributed by atoms with E-state index in [1.807, 2.05) is 19.9 Å². The minimum absolute atomic E-state index is 0.0681. The second-order valence-electron chi connectivity index (χ2n) is 4.67. The van der Waals surface area contributed by atoms with Crippen LogP contribution in [0.15, 0.2) is 23.1 Å². The Labute approximate surface area is 128 Å². The fourth-order valence-electron chi connectivity index (χ4n) is 1.91. The highest BCUT2D eigenvalue weighted by molar-refractivity contribution is 7.90. The first-order valence-corrected chi connectivity index (χ1v) is 8.88. The van der Waals surface area contributed by atoms with Crippen molar-refractivity contribution in [3.05, 3.63) is 28.1 Å². The van der Waals surface area contributed by atoms with Gasteiger partial charge in [0.2, 0.25) is 10.0 Å². The van der Waals surface area contributed by atoms with Crippen molar-refractivity contribution in [1.29, 1.82) is 0 Å². The van der Waals surface area contributed by atoms with Gasteiger partial charge in [0.15, 0.2) is 0 Å². The van der Waals surface area contributed by atoms with Crippen molar-refractivity contribution >= 4 is 43.0 Å². The molecule has 1 aromatic carbocycles. The van der Waals surface area contributed by atoms with Crippen LogP contribution >= 0.6 is 22.9 Å². The molecule has 2 aromatic rings. The molecule has 0 aliphatic heterocycles. The summed E-state index contributed by atoms with van der Waals surface area (Å²) < 4.78 is 28.5. The minimum atomic E-state index is -3.53. The fraction of sp³-hybridized carbons (Fsp3) is 0.385. The molecule has 7 heteroatoms. The van der Waals surface area contributed by atoms with Crippen molar-refractivity contribution in [2.24, 2.45) is 0 Å². The third kappa shape index (κ3) is 3.15. The number of nitrogens with one attached hydrogen (secondary N) is 2. The van der Waals surface area contributed by atoms with E-state index in [1.54, 1.807) is 19.2 Å². The Bertz CT molecular complexity index is 725. The van der Waals surface area contributed by atoms with Crippen LogP contribution in [0.25, 0.3) is 10.1 Å². The summed E-state index contributed by atoms with van der Waals surface area (Å²) >= 11 is 7.44. The molecule has 1 aromatic heterocycles. The van der Waals surface area contributed by atoms with Gasteiger partial charge < -0.3 is 5.32 Å². The van der Waals surface area contributed by atoms with E-state index in [2.05, 4.69) is 10.0 Å². The van der Waals surface area contributed by atoms with Crippen molar-refractivity contribution in [1.82, 2.24) is 10.0 Å². The Kier molecular flexibility index (Phi) is 4.71. The van der Waals surface area contributed by atoms with Crippen LogP contribution in [-0.4, -0.2) is 28.1 Å². The first kappa shape index (κ1) is 15.7. The van der Waals surface area contributed by atoms with E-state index >= 15 is 0 Å². The molecule has 110 valence electrons. The average Bonchev–Trinajstić information content (AvgIpc) is 2.71. The quantitative estimate of drug-likeness (QED) is 0.885. The predicted molar refractivity (Wildman–Crippen MR) is 85.3 cm³/mol. The molecular weight excluding hydrogens is 316 g/mol. The zero-order valence-electron chi connectivity index (χ0n) is 11.5. The third-order valence-electron chi connectivity index (χ3n) is 3.11. The molecule has 0 saturated carbocycles. The monoisotopic (exact) mass is 332 g/mol. The van der Waals surface area contributed by atoms with Gasteiger partial charge in [0.25, 0.3) is 0 Å². The van der Waals surface area contributed by atoms with E-state index in [9.17, 15) is 8.42 Å². The Balaban J connectivity index is 2.45. The maximum atomic E-state index is 12.5. The molecule has 2 N–H and O–H groups in total. The van der Waals surface area contributed by atoms with Crippen LogP contribution in [0.3, 0.4) is 0 Å². The standard InChI is InChI=1S/C13H17ClN2O2S2/c1-8(15-3)7-16-20(17,18)13-9(2)19-12-5-4-10(14)6-11(12)13/h4-6,8,15-16H,7H2,1-3H3. The van der Waals surface area contributed by atoms with Gasteiger partial charge in [-0.25, -0.2) is 13.1 Å². The first-order valence-electron chi connectivity index (χ1n) is 6.20. The molecule has 0 saturated heterocycles. The molecule has 4 nitrogen and oxygen atoms in total. The van der Waals surface area contributed by atoms with Crippen LogP contribution in [0, 0.1) is 6.92 Å². The van der Waals surface area contributed by atoms with Crippen molar-refractivity contribution in [2.45, 2.75) is 24.8 Å². The number of hydrogen-bond acceptors (Lipinski definition) is 4. The highest BCUT2D eigenvalue weighted by Gasteiger charge is 2.23. The highest BCUT2D eigenvalue weighted by Crippen LogP contribution is 2.35. The van der Waals surface area contributed by atoms with Gasteiger partial charge in [0.05, 0.1) is 0 Å². The maximum absolute atomic E-state index is 12.5. The molecule has 1 heterocycles. The van der Waals surface area contributed by atoms with Crippen LogP contribution in [0.4, 0.5) is 0 Å². The molecule has 2 rings (SSSR count). The van der Waals surface area contributed by atoms with E-state index < -0.39 is 10.0 Å². The third-order valence-corrected chi connectivity index (χ3v) is 6.17. The molecule has 0 amide bonds. The summed E-state index contributed by atoms with van der Waals surface area (Å²) in [6.45, 7) is 4.07. The van der Waals surface area contributed by atoms with Crippen molar-refractivity contribution < 1.29 is 8.42 Å². The van der Waals surface area contributed by atoms with Crippen molar-refractivity contribution in [3.8, 4) is 0 Å². The molecule has 1 atom stereocenters. The zero-order valence-corrected chi connectivity index (χ0v) is 13.9. The molecule has 20 heavy (non-hydrogen) atoms. The highest BCUT2D eigenvalue weighted by atomic mass is 35.5. The lowest BCUT2D eigenvalue weighted by atomic mass is 10.2. The number of hydrogen-bond donors (Lipinski definition) is 2. The molecule has 1 unspecified atom stereocenters. The van der Waals surface area contributed by atoms with Gasteiger partial charge in [0, 0.05) is 32.6 Å². The number of halogens is 1. The lowest BCUT2D eigenvalue weighted by Gasteiger charge is -2.12. The number of thiophene rings is 1. The lowest BCUT2D eigenvalue weighted by molar-refractivity contribution is 0.555. The van der Waals surface area contributed by atoms with E-state index in [4.69, 9.17) is 11.6 Å². The summed E-state index contributed by atoms with van der Waals surface area (Å²) in [5, 5.41) is 4.22. The molecule has 0 aliphatic rings. The number of fused-ring (bicyclic) bond motifs is 1. The topological polar surface area (TPSA) is 58.2 Å². The molecule has 0 bridgehead atoms. The summed E-state index contributed by atoms with van der Waals surface area (Å²) in [6, 6.07) is 5.40. The van der Waals surface area contributed by atoms with Crippen molar-refractivity contribution in [2.75, 3.05) is 13.6 Å². The molecular formula is C13H17ClN2O2S2. The van der Waals surface area contributed by atoms with Gasteiger partial charge in [-0.3, -0.25) is 0 Å². The SMILES string of the molecule is CNC(C)CNS(=O)(=O)c1c(C)sc2ccc(Cl)cc12. The zero-order chi connectivity index (χ0) is 14.9. The summed E-state index contributed by atoms with van der Waals surface area (Å²) in [7, 11) is -1.74. The van der Waals surface area contributed by atoms with E-state index in [0.717, 1.165) is 9.58 Å². The van der Waals surface area contributed by atoms with Crippen molar-refractivity contribution in [3.63, 3.8) is 0 Å². The Morgan fingerprint density at radius 2 is 2.10 bits per heavy atom. The lowest BCUT2D eigenvalue weighted by Crippen LogP contribution is -2.37. The molecule has 0 radical (unpaired) electrons. The van der Waals surface area contributed by atoms with E-state index in [1.165, 1.54) is 11.3 Å². The van der Waals surface area contributed by atoms with Crippen LogP contribution < -0.4 is 10.0 Å². The van der Waals surface area contributed by atoms with Gasteiger partial charge in [-0.15, -0.1) is 11.3 Å². The second kappa shape index (κ2) is 5.99. The van der Waals surface area contributed by atoms with Gasteiger partial charge in [-0.1, -0.05) is 11.6 Å². The normalized spacial score (nSPS) is 13.8. The fourth-order valence-corrected chi connectivity index (χ4v) is 4.99.